The molecule has 2 aromatic rings. The minimum atomic E-state index is -0.108. The van der Waals surface area contributed by atoms with E-state index in [1.54, 1.807) is 0 Å². The van der Waals surface area contributed by atoms with Gasteiger partial charge in [0.15, 0.2) is 0 Å². The van der Waals surface area contributed by atoms with E-state index in [4.69, 9.17) is 4.98 Å². The average Bonchev–Trinajstić information content (AvgIpc) is 2.72. The molecule has 0 amide bonds. The SMILES string of the molecule is CC(C)(CC(C)(C)C1=[N+]=C=CC=C1)NC(C)(C)CC(C)(C)c1cccc(-c2ccccn2)n1. The number of pyridine rings is 2. The van der Waals surface area contributed by atoms with Crippen molar-refractivity contribution in [1.82, 2.24) is 20.0 Å². The molecular weight excluding hydrogens is 404 g/mol. The molecule has 0 saturated carbocycles. The van der Waals surface area contributed by atoms with E-state index in [1.165, 1.54) is 0 Å². The number of hydrogen-bond donors (Lipinski definition) is 1. The van der Waals surface area contributed by atoms with E-state index in [2.05, 4.69) is 94.4 Å². The maximum atomic E-state index is 4.99. The Morgan fingerprint density at radius 2 is 1.48 bits per heavy atom. The molecule has 1 N–H and O–H groups in total. The van der Waals surface area contributed by atoms with Gasteiger partial charge in [0.2, 0.25) is 0 Å². The summed E-state index contributed by atoms with van der Waals surface area (Å²) in [5.41, 5.74) is 3.65. The smallest absolute Gasteiger partial charge is 0.307 e. The largest absolute Gasteiger partial charge is 0.322 e. The quantitative estimate of drug-likeness (QED) is 0.507. The monoisotopic (exact) mass is 443 g/mol. The first-order chi connectivity index (χ1) is 15.3. The van der Waals surface area contributed by atoms with Gasteiger partial charge in [-0.25, -0.2) is 0 Å². The van der Waals surface area contributed by atoms with Gasteiger partial charge in [0.05, 0.1) is 22.9 Å². The molecular formula is C29H39N4+. The topological polar surface area (TPSA) is 51.9 Å². The third-order valence-corrected chi connectivity index (χ3v) is 6.12. The minimum Gasteiger partial charge on any atom is -0.307 e. The minimum absolute atomic E-state index is 0.0571. The van der Waals surface area contributed by atoms with Gasteiger partial charge in [0.1, 0.15) is 0 Å². The summed E-state index contributed by atoms with van der Waals surface area (Å²) in [5, 5.41) is 3.95. The van der Waals surface area contributed by atoms with Crippen molar-refractivity contribution in [2.24, 2.45) is 5.41 Å². The molecule has 0 bridgehead atoms. The maximum Gasteiger partial charge on any atom is 0.322 e. The standard InChI is InChI=1S/C29H39N4/c1-26(2,24-16-10-12-19-31-24)20-28(5,6)33-29(7,8)21-27(3,4)25-17-13-15-23(32-25)22-14-9-11-18-30-22/h9-18,33H,20-21H2,1-8H3/q+1. The van der Waals surface area contributed by atoms with Crippen molar-refractivity contribution in [3.05, 3.63) is 66.5 Å². The summed E-state index contributed by atoms with van der Waals surface area (Å²) in [7, 11) is 0. The van der Waals surface area contributed by atoms with Crippen molar-refractivity contribution < 1.29 is 0 Å². The molecule has 0 spiro atoms. The van der Waals surface area contributed by atoms with Gasteiger partial charge in [-0.1, -0.05) is 26.0 Å². The third kappa shape index (κ3) is 6.62. The van der Waals surface area contributed by atoms with Gasteiger partial charge in [-0.05, 0) is 89.4 Å². The predicted molar refractivity (Wildman–Crippen MR) is 141 cm³/mol. The fourth-order valence-corrected chi connectivity index (χ4v) is 5.57. The zero-order chi connectivity index (χ0) is 24.3. The van der Waals surface area contributed by atoms with Crippen molar-refractivity contribution in [3.8, 4) is 11.4 Å². The molecule has 0 aromatic carbocycles. The summed E-state index contributed by atoms with van der Waals surface area (Å²) in [4.78, 5) is 9.46. The molecule has 1 aliphatic rings. The molecule has 4 nitrogen and oxygen atoms in total. The van der Waals surface area contributed by atoms with Gasteiger partial charge in [0.25, 0.3) is 0 Å². The van der Waals surface area contributed by atoms with Crippen LogP contribution >= 0.6 is 0 Å². The van der Waals surface area contributed by atoms with Crippen molar-refractivity contribution in [3.63, 3.8) is 0 Å². The number of allylic oxidation sites excluding steroid dienone is 3. The van der Waals surface area contributed by atoms with Crippen LogP contribution in [0.4, 0.5) is 0 Å². The Kier molecular flexibility index (Phi) is 6.96. The van der Waals surface area contributed by atoms with Crippen LogP contribution in [0.2, 0.25) is 0 Å². The molecule has 3 rings (SSSR count). The highest BCUT2D eigenvalue weighted by Gasteiger charge is 2.41. The molecule has 0 fully saturated rings. The van der Waals surface area contributed by atoms with E-state index >= 15 is 0 Å². The lowest BCUT2D eigenvalue weighted by molar-refractivity contribution is 0.183. The van der Waals surface area contributed by atoms with Crippen LogP contribution in [-0.4, -0.2) is 32.6 Å². The lowest BCUT2D eigenvalue weighted by Crippen LogP contribution is -2.56. The molecule has 1 aliphatic heterocycles. The highest BCUT2D eigenvalue weighted by Crippen LogP contribution is 2.36. The second-order valence-electron chi connectivity index (χ2n) is 11.8. The number of nitrogens with one attached hydrogen (secondary N) is 1. The Labute approximate surface area is 199 Å². The Morgan fingerprint density at radius 3 is 2.09 bits per heavy atom. The van der Waals surface area contributed by atoms with Crippen LogP contribution in [0.5, 0.6) is 0 Å². The first kappa shape index (κ1) is 24.9. The van der Waals surface area contributed by atoms with Crippen LogP contribution in [0.25, 0.3) is 11.4 Å². The highest BCUT2D eigenvalue weighted by molar-refractivity contribution is 6.01. The fourth-order valence-electron chi connectivity index (χ4n) is 5.57. The molecule has 0 atom stereocenters. The van der Waals surface area contributed by atoms with Crippen molar-refractivity contribution in [1.29, 1.82) is 0 Å². The normalized spacial score (nSPS) is 14.5. The van der Waals surface area contributed by atoms with Crippen LogP contribution < -0.4 is 9.98 Å². The molecule has 0 saturated heterocycles. The third-order valence-electron chi connectivity index (χ3n) is 6.12. The summed E-state index contributed by atoms with van der Waals surface area (Å²) in [6, 6.07) is 12.2. The van der Waals surface area contributed by atoms with Crippen molar-refractivity contribution in [2.45, 2.75) is 84.7 Å². The fraction of sp³-hybridized carbons (Fsp3) is 0.483. The summed E-state index contributed by atoms with van der Waals surface area (Å²) in [6.45, 7) is 18.2. The molecule has 3 heterocycles. The lowest BCUT2D eigenvalue weighted by Gasteiger charge is -2.43. The van der Waals surface area contributed by atoms with E-state index < -0.39 is 0 Å². The van der Waals surface area contributed by atoms with Gasteiger partial charge < -0.3 is 5.32 Å². The molecule has 33 heavy (non-hydrogen) atoms. The van der Waals surface area contributed by atoms with Crippen LogP contribution in [0.3, 0.4) is 0 Å². The second-order valence-corrected chi connectivity index (χ2v) is 11.8. The molecule has 0 unspecified atom stereocenters. The van der Waals surface area contributed by atoms with Crippen LogP contribution in [0.1, 0.15) is 73.9 Å². The highest BCUT2D eigenvalue weighted by atomic mass is 15.0. The van der Waals surface area contributed by atoms with Gasteiger partial charge in [0, 0.05) is 34.5 Å². The first-order valence-corrected chi connectivity index (χ1v) is 11.8. The molecule has 0 radical (unpaired) electrons. The Balaban J connectivity index is 1.75. The number of rotatable bonds is 9. The number of nitrogens with zero attached hydrogens (tertiary/aromatic N) is 3. The summed E-state index contributed by atoms with van der Waals surface area (Å²) in [6.07, 6.45) is 9.69. The average molecular weight is 444 g/mol. The molecule has 4 heteroatoms. The van der Waals surface area contributed by atoms with Crippen LogP contribution in [0, 0.1) is 5.41 Å². The second kappa shape index (κ2) is 9.23. The summed E-state index contributed by atoms with van der Waals surface area (Å²) in [5.74, 6) is 2.98. The van der Waals surface area contributed by atoms with Crippen molar-refractivity contribution >= 4 is 11.6 Å². The molecule has 2 aromatic heterocycles. The number of aromatic nitrogens is 2. The maximum absolute atomic E-state index is 4.99. The Bertz CT molecular complexity index is 1110. The molecule has 0 aliphatic carbocycles. The Morgan fingerprint density at radius 1 is 0.818 bits per heavy atom. The predicted octanol–water partition coefficient (Wildman–Crippen LogP) is 5.68. The lowest BCUT2D eigenvalue weighted by atomic mass is 9.73. The van der Waals surface area contributed by atoms with E-state index in [0.717, 1.165) is 35.6 Å². The van der Waals surface area contributed by atoms with Crippen LogP contribution in [0.15, 0.2) is 60.8 Å². The van der Waals surface area contributed by atoms with Crippen molar-refractivity contribution in [2.75, 3.05) is 0 Å². The number of hydrogen-bond acceptors (Lipinski definition) is 3. The van der Waals surface area contributed by atoms with Crippen LogP contribution in [-0.2, 0) is 5.41 Å². The summed E-state index contributed by atoms with van der Waals surface area (Å²) < 4.78 is 4.50. The summed E-state index contributed by atoms with van der Waals surface area (Å²) >= 11 is 0. The van der Waals surface area contributed by atoms with E-state index in [-0.39, 0.29) is 21.9 Å². The van der Waals surface area contributed by atoms with E-state index in [9.17, 15) is 0 Å². The molecule has 174 valence electrons. The van der Waals surface area contributed by atoms with Gasteiger partial charge in [-0.2, -0.15) is 0 Å². The van der Waals surface area contributed by atoms with Gasteiger partial charge in [-0.3, -0.25) is 9.97 Å². The van der Waals surface area contributed by atoms with Gasteiger partial charge >= 0.3 is 11.6 Å². The first-order valence-electron chi connectivity index (χ1n) is 11.8. The zero-order valence-corrected chi connectivity index (χ0v) is 21.5. The van der Waals surface area contributed by atoms with Gasteiger partial charge in [-0.15, -0.1) is 0 Å². The van der Waals surface area contributed by atoms with E-state index in [1.807, 2.05) is 42.6 Å². The Hall–Kier alpha value is -2.77. The van der Waals surface area contributed by atoms with E-state index in [0.29, 0.717) is 0 Å². The zero-order valence-electron chi connectivity index (χ0n) is 21.5.